The largest absolute Gasteiger partial charge is 0.393 e. The first kappa shape index (κ1) is 14.0. The first-order valence-corrected chi connectivity index (χ1v) is 7.55. The molecule has 3 nitrogen and oxygen atoms in total. The monoisotopic (exact) mass is 278 g/mol. The maximum atomic E-state index is 13.7. The first-order valence-electron chi connectivity index (χ1n) is 7.55. The van der Waals surface area contributed by atoms with E-state index < -0.39 is 0 Å². The van der Waals surface area contributed by atoms with Gasteiger partial charge in [0.1, 0.15) is 5.82 Å². The molecule has 1 aliphatic heterocycles. The summed E-state index contributed by atoms with van der Waals surface area (Å²) >= 11 is 0. The smallest absolute Gasteiger partial charge is 0.127 e. The first-order chi connectivity index (χ1) is 9.65. The molecule has 4 heteroatoms. The Kier molecular flexibility index (Phi) is 4.06. The van der Waals surface area contributed by atoms with Gasteiger partial charge < -0.3 is 15.7 Å². The maximum Gasteiger partial charge on any atom is 0.127 e. The molecule has 1 aromatic rings. The SMILES string of the molecule is NC(CCN1CC2CCC(O)C2C1)c1ccccc1F. The minimum Gasteiger partial charge on any atom is -0.393 e. The van der Waals surface area contributed by atoms with Gasteiger partial charge in [0.15, 0.2) is 0 Å². The summed E-state index contributed by atoms with van der Waals surface area (Å²) in [5.41, 5.74) is 6.70. The Labute approximate surface area is 119 Å². The van der Waals surface area contributed by atoms with E-state index in [0.29, 0.717) is 17.4 Å². The zero-order valence-electron chi connectivity index (χ0n) is 11.7. The third-order valence-corrected chi connectivity index (χ3v) is 4.96. The Hall–Kier alpha value is -0.970. The van der Waals surface area contributed by atoms with Gasteiger partial charge >= 0.3 is 0 Å². The Morgan fingerprint density at radius 1 is 1.30 bits per heavy atom. The molecule has 4 unspecified atom stereocenters. The van der Waals surface area contributed by atoms with E-state index in [-0.39, 0.29) is 18.0 Å². The summed E-state index contributed by atoms with van der Waals surface area (Å²) in [5, 5.41) is 9.91. The standard InChI is InChI=1S/C16H23FN2O/c17-14-4-2-1-3-12(14)15(18)7-8-19-9-11-5-6-16(20)13(11)10-19/h1-4,11,13,15-16,20H,5-10,18H2. The van der Waals surface area contributed by atoms with Crippen LogP contribution in [-0.2, 0) is 0 Å². The van der Waals surface area contributed by atoms with Crippen LogP contribution < -0.4 is 5.73 Å². The number of aliphatic hydroxyl groups excluding tert-OH is 1. The second-order valence-electron chi connectivity index (χ2n) is 6.24. The zero-order chi connectivity index (χ0) is 14.1. The molecule has 0 aromatic heterocycles. The molecule has 2 fully saturated rings. The fraction of sp³-hybridized carbons (Fsp3) is 0.625. The number of aliphatic hydroxyl groups is 1. The van der Waals surface area contributed by atoms with E-state index in [4.69, 9.17) is 5.73 Å². The van der Waals surface area contributed by atoms with Gasteiger partial charge in [0.25, 0.3) is 0 Å². The molecule has 1 saturated carbocycles. The van der Waals surface area contributed by atoms with Crippen molar-refractivity contribution < 1.29 is 9.50 Å². The van der Waals surface area contributed by atoms with Crippen molar-refractivity contribution in [2.75, 3.05) is 19.6 Å². The molecular formula is C16H23FN2O. The van der Waals surface area contributed by atoms with E-state index in [1.165, 1.54) is 6.07 Å². The molecule has 110 valence electrons. The number of rotatable bonds is 4. The summed E-state index contributed by atoms with van der Waals surface area (Å²) in [6.07, 6.45) is 2.74. The Morgan fingerprint density at radius 3 is 2.85 bits per heavy atom. The lowest BCUT2D eigenvalue weighted by Crippen LogP contribution is -2.28. The molecular weight excluding hydrogens is 255 g/mol. The highest BCUT2D eigenvalue weighted by Gasteiger charge is 2.41. The lowest BCUT2D eigenvalue weighted by molar-refractivity contribution is 0.124. The summed E-state index contributed by atoms with van der Waals surface area (Å²) in [6.45, 7) is 2.91. The number of halogens is 1. The van der Waals surface area contributed by atoms with E-state index in [1.807, 2.05) is 6.07 Å². The van der Waals surface area contributed by atoms with Crippen LogP contribution in [-0.4, -0.2) is 35.7 Å². The van der Waals surface area contributed by atoms with Crippen LogP contribution in [0.5, 0.6) is 0 Å². The molecule has 1 heterocycles. The summed E-state index contributed by atoms with van der Waals surface area (Å²) in [6, 6.07) is 6.50. The number of hydrogen-bond acceptors (Lipinski definition) is 3. The van der Waals surface area contributed by atoms with Crippen LogP contribution in [0.3, 0.4) is 0 Å². The van der Waals surface area contributed by atoms with Crippen molar-refractivity contribution in [2.45, 2.75) is 31.4 Å². The normalized spacial score (nSPS) is 31.4. The second-order valence-corrected chi connectivity index (χ2v) is 6.24. The van der Waals surface area contributed by atoms with E-state index >= 15 is 0 Å². The van der Waals surface area contributed by atoms with Crippen LogP contribution in [0.4, 0.5) is 4.39 Å². The molecule has 0 amide bonds. The van der Waals surface area contributed by atoms with Gasteiger partial charge in [-0.3, -0.25) is 0 Å². The van der Waals surface area contributed by atoms with Crippen molar-refractivity contribution in [3.05, 3.63) is 35.6 Å². The molecule has 2 aliphatic rings. The Bertz CT molecular complexity index is 468. The Balaban J connectivity index is 1.52. The molecule has 4 atom stereocenters. The summed E-state index contributed by atoms with van der Waals surface area (Å²) in [5.74, 6) is 0.878. The predicted octanol–water partition coefficient (Wildman–Crippen LogP) is 1.92. The second kappa shape index (κ2) is 5.80. The number of benzene rings is 1. The molecule has 0 radical (unpaired) electrons. The lowest BCUT2D eigenvalue weighted by Gasteiger charge is -2.20. The minimum atomic E-state index is -0.249. The van der Waals surface area contributed by atoms with Crippen LogP contribution in [0.25, 0.3) is 0 Å². The number of nitrogens with two attached hydrogens (primary N) is 1. The van der Waals surface area contributed by atoms with Gasteiger partial charge in [0.05, 0.1) is 6.10 Å². The quantitative estimate of drug-likeness (QED) is 0.884. The average molecular weight is 278 g/mol. The van der Waals surface area contributed by atoms with Gasteiger partial charge in [-0.1, -0.05) is 18.2 Å². The zero-order valence-corrected chi connectivity index (χ0v) is 11.7. The van der Waals surface area contributed by atoms with Crippen molar-refractivity contribution >= 4 is 0 Å². The molecule has 0 spiro atoms. The maximum absolute atomic E-state index is 13.7. The van der Waals surface area contributed by atoms with E-state index in [9.17, 15) is 9.50 Å². The topological polar surface area (TPSA) is 49.5 Å². The highest BCUT2D eigenvalue weighted by Crippen LogP contribution is 2.38. The molecule has 20 heavy (non-hydrogen) atoms. The van der Waals surface area contributed by atoms with Gasteiger partial charge in [-0.05, 0) is 37.8 Å². The van der Waals surface area contributed by atoms with Crippen LogP contribution in [0.15, 0.2) is 24.3 Å². The van der Waals surface area contributed by atoms with E-state index in [2.05, 4.69) is 4.90 Å². The van der Waals surface area contributed by atoms with E-state index in [0.717, 1.165) is 38.9 Å². The third kappa shape index (κ3) is 2.73. The molecule has 1 aromatic carbocycles. The van der Waals surface area contributed by atoms with Crippen molar-refractivity contribution in [2.24, 2.45) is 17.6 Å². The van der Waals surface area contributed by atoms with Crippen LogP contribution >= 0.6 is 0 Å². The fourth-order valence-corrected chi connectivity index (χ4v) is 3.76. The molecule has 1 saturated heterocycles. The number of likely N-dealkylation sites (tertiary alicyclic amines) is 1. The summed E-state index contributed by atoms with van der Waals surface area (Å²) in [4.78, 5) is 2.37. The molecule has 3 N–H and O–H groups in total. The van der Waals surface area contributed by atoms with Crippen LogP contribution in [0, 0.1) is 17.7 Å². The lowest BCUT2D eigenvalue weighted by atomic mass is 10.00. The third-order valence-electron chi connectivity index (χ3n) is 4.96. The van der Waals surface area contributed by atoms with Gasteiger partial charge in [-0.2, -0.15) is 0 Å². The van der Waals surface area contributed by atoms with Gasteiger partial charge in [-0.15, -0.1) is 0 Å². The molecule has 1 aliphatic carbocycles. The van der Waals surface area contributed by atoms with Gasteiger partial charge in [0.2, 0.25) is 0 Å². The van der Waals surface area contributed by atoms with Crippen molar-refractivity contribution in [3.63, 3.8) is 0 Å². The highest BCUT2D eigenvalue weighted by atomic mass is 19.1. The van der Waals surface area contributed by atoms with Gasteiger partial charge in [-0.25, -0.2) is 4.39 Å². The van der Waals surface area contributed by atoms with Gasteiger partial charge in [0, 0.05) is 30.6 Å². The van der Waals surface area contributed by atoms with Crippen molar-refractivity contribution in [3.8, 4) is 0 Å². The summed E-state index contributed by atoms with van der Waals surface area (Å²) in [7, 11) is 0. The fourth-order valence-electron chi connectivity index (χ4n) is 3.76. The number of fused-ring (bicyclic) bond motifs is 1. The average Bonchev–Trinajstić information content (AvgIpc) is 2.99. The number of hydrogen-bond donors (Lipinski definition) is 2. The van der Waals surface area contributed by atoms with Crippen LogP contribution in [0.1, 0.15) is 30.9 Å². The summed E-state index contributed by atoms with van der Waals surface area (Å²) < 4.78 is 13.7. The predicted molar refractivity (Wildman–Crippen MR) is 76.6 cm³/mol. The van der Waals surface area contributed by atoms with Crippen molar-refractivity contribution in [1.82, 2.24) is 4.90 Å². The van der Waals surface area contributed by atoms with Crippen molar-refractivity contribution in [1.29, 1.82) is 0 Å². The van der Waals surface area contributed by atoms with Crippen LogP contribution in [0.2, 0.25) is 0 Å². The molecule has 0 bridgehead atoms. The van der Waals surface area contributed by atoms with E-state index in [1.54, 1.807) is 12.1 Å². The number of nitrogens with zero attached hydrogens (tertiary/aromatic N) is 1. The minimum absolute atomic E-state index is 0.120. The Morgan fingerprint density at radius 2 is 2.10 bits per heavy atom. The highest BCUT2D eigenvalue weighted by molar-refractivity contribution is 5.20. The molecule has 3 rings (SSSR count).